The van der Waals surface area contributed by atoms with Crippen LogP contribution in [0.5, 0.6) is 0 Å². The van der Waals surface area contributed by atoms with Gasteiger partial charge in [-0.15, -0.1) is 0 Å². The fourth-order valence-corrected chi connectivity index (χ4v) is 4.11. The highest BCUT2D eigenvalue weighted by Gasteiger charge is 2.37. The molecule has 0 spiro atoms. The number of carbonyl (C=O) groups excluding carboxylic acids is 3. The summed E-state index contributed by atoms with van der Waals surface area (Å²) in [6.07, 6.45) is 6.20. The van der Waals surface area contributed by atoms with E-state index in [0.717, 1.165) is 25.7 Å². The molecule has 146 valence electrons. The highest BCUT2D eigenvalue weighted by atomic mass is 16.2. The first-order valence-electron chi connectivity index (χ1n) is 9.85. The molecule has 0 unspecified atom stereocenters. The van der Waals surface area contributed by atoms with Crippen molar-refractivity contribution in [3.05, 3.63) is 34.9 Å². The number of hydrogen-bond donors (Lipinski definition) is 1. The van der Waals surface area contributed by atoms with Crippen LogP contribution >= 0.6 is 0 Å². The van der Waals surface area contributed by atoms with Crippen LogP contribution in [0.4, 0.5) is 0 Å². The van der Waals surface area contributed by atoms with E-state index in [1.807, 2.05) is 6.92 Å². The molecule has 0 bridgehead atoms. The molecule has 0 atom stereocenters. The van der Waals surface area contributed by atoms with E-state index in [1.165, 1.54) is 17.7 Å². The number of benzene rings is 1. The normalized spacial score (nSPS) is 18.3. The van der Waals surface area contributed by atoms with Crippen molar-refractivity contribution in [2.75, 3.05) is 27.2 Å². The predicted octanol–water partition coefficient (Wildman–Crippen LogP) is 2.69. The molecule has 1 fully saturated rings. The summed E-state index contributed by atoms with van der Waals surface area (Å²) in [6.45, 7) is 3.03. The number of nitrogens with zero attached hydrogens (tertiary/aromatic N) is 2. The summed E-state index contributed by atoms with van der Waals surface area (Å²) in [5.41, 5.74) is 1.18. The van der Waals surface area contributed by atoms with Crippen molar-refractivity contribution in [1.82, 2.24) is 15.1 Å². The highest BCUT2D eigenvalue weighted by Crippen LogP contribution is 2.33. The zero-order valence-electron chi connectivity index (χ0n) is 16.5. The maximum Gasteiger partial charge on any atom is 0.261 e. The Hall–Kier alpha value is -2.21. The van der Waals surface area contributed by atoms with Gasteiger partial charge in [0.15, 0.2) is 0 Å². The minimum atomic E-state index is -0.293. The lowest BCUT2D eigenvalue weighted by Crippen LogP contribution is -2.50. The molecule has 1 aromatic carbocycles. The number of imide groups is 1. The number of fused-ring (bicyclic) bond motifs is 1. The third-order valence-corrected chi connectivity index (χ3v) is 6.03. The van der Waals surface area contributed by atoms with Crippen LogP contribution < -0.4 is 5.32 Å². The minimum absolute atomic E-state index is 0.00905. The molecule has 1 N–H and O–H groups in total. The van der Waals surface area contributed by atoms with Crippen LogP contribution in [-0.4, -0.2) is 60.2 Å². The molecule has 1 aliphatic heterocycles. The van der Waals surface area contributed by atoms with Crippen LogP contribution in [0.15, 0.2) is 18.2 Å². The van der Waals surface area contributed by atoms with Crippen LogP contribution in [-0.2, 0) is 0 Å². The minimum Gasteiger partial charge on any atom is -0.350 e. The summed E-state index contributed by atoms with van der Waals surface area (Å²) in [6, 6.07) is 4.81. The van der Waals surface area contributed by atoms with Gasteiger partial charge in [0.05, 0.1) is 11.1 Å². The van der Waals surface area contributed by atoms with Crippen molar-refractivity contribution < 1.29 is 14.4 Å². The molecule has 6 heteroatoms. The molecule has 1 aliphatic carbocycles. The van der Waals surface area contributed by atoms with Crippen LogP contribution in [0.25, 0.3) is 0 Å². The Balaban J connectivity index is 1.72. The van der Waals surface area contributed by atoms with E-state index >= 15 is 0 Å². The molecule has 3 rings (SSSR count). The van der Waals surface area contributed by atoms with Crippen LogP contribution in [0.2, 0.25) is 0 Å². The molecule has 27 heavy (non-hydrogen) atoms. The number of carbonyl (C=O) groups is 3. The first kappa shape index (κ1) is 19.5. The van der Waals surface area contributed by atoms with E-state index in [1.54, 1.807) is 18.2 Å². The Morgan fingerprint density at radius 3 is 2.44 bits per heavy atom. The van der Waals surface area contributed by atoms with Crippen molar-refractivity contribution >= 4 is 17.7 Å². The number of unbranched alkanes of at least 4 members (excludes halogenated alkanes) is 1. The van der Waals surface area contributed by atoms with Crippen molar-refractivity contribution in [3.63, 3.8) is 0 Å². The molecular formula is C21H29N3O3. The van der Waals surface area contributed by atoms with Gasteiger partial charge in [-0.2, -0.15) is 0 Å². The zero-order chi connectivity index (χ0) is 19.6. The Morgan fingerprint density at radius 1 is 1.15 bits per heavy atom. The lowest BCUT2D eigenvalue weighted by atomic mass is 9.95. The topological polar surface area (TPSA) is 69.7 Å². The van der Waals surface area contributed by atoms with Gasteiger partial charge in [0.1, 0.15) is 0 Å². The summed E-state index contributed by atoms with van der Waals surface area (Å²) in [7, 11) is 4.12. The van der Waals surface area contributed by atoms with Gasteiger partial charge >= 0.3 is 0 Å². The Kier molecular flexibility index (Phi) is 5.65. The Labute approximate surface area is 160 Å². The lowest BCUT2D eigenvalue weighted by molar-refractivity contribution is 0.0652. The number of amides is 3. The molecule has 3 amide bonds. The summed E-state index contributed by atoms with van der Waals surface area (Å²) in [5.74, 6) is -0.746. The highest BCUT2D eigenvalue weighted by molar-refractivity contribution is 6.22. The van der Waals surface area contributed by atoms with E-state index < -0.39 is 0 Å². The standard InChI is InChI=1S/C21H29N3O3/c1-4-5-12-24-19(26)16-9-8-15(13-17(16)20(24)27)18(25)22-14-21(23(2)3)10-6-7-11-21/h8-9,13H,4-7,10-12,14H2,1-3H3,(H,22,25). The summed E-state index contributed by atoms with van der Waals surface area (Å²) < 4.78 is 0. The molecule has 0 aromatic heterocycles. The van der Waals surface area contributed by atoms with Crippen molar-refractivity contribution in [2.24, 2.45) is 0 Å². The third kappa shape index (κ3) is 3.63. The number of hydrogen-bond acceptors (Lipinski definition) is 4. The van der Waals surface area contributed by atoms with Gasteiger partial charge in [0.2, 0.25) is 0 Å². The average Bonchev–Trinajstić information content (AvgIpc) is 3.23. The van der Waals surface area contributed by atoms with Gasteiger partial charge < -0.3 is 10.2 Å². The third-order valence-electron chi connectivity index (χ3n) is 6.03. The maximum absolute atomic E-state index is 12.7. The second-order valence-corrected chi connectivity index (χ2v) is 7.88. The van der Waals surface area contributed by atoms with Crippen molar-refractivity contribution in [3.8, 4) is 0 Å². The van der Waals surface area contributed by atoms with Gasteiger partial charge in [-0.1, -0.05) is 26.2 Å². The Bertz CT molecular complexity index is 751. The lowest BCUT2D eigenvalue weighted by Gasteiger charge is -2.36. The number of nitrogens with one attached hydrogen (secondary N) is 1. The molecule has 0 saturated heterocycles. The fourth-order valence-electron chi connectivity index (χ4n) is 4.11. The van der Waals surface area contributed by atoms with Gasteiger partial charge in [0, 0.05) is 24.2 Å². The summed E-state index contributed by atoms with van der Waals surface area (Å²) in [4.78, 5) is 41.1. The fraction of sp³-hybridized carbons (Fsp3) is 0.571. The monoisotopic (exact) mass is 371 g/mol. The molecule has 1 heterocycles. The SMILES string of the molecule is CCCCN1C(=O)c2ccc(C(=O)NCC3(N(C)C)CCCC3)cc2C1=O. The molecule has 0 radical (unpaired) electrons. The molecule has 6 nitrogen and oxygen atoms in total. The summed E-state index contributed by atoms with van der Waals surface area (Å²) in [5, 5.41) is 3.04. The van der Waals surface area contributed by atoms with E-state index in [9.17, 15) is 14.4 Å². The maximum atomic E-state index is 12.7. The van der Waals surface area contributed by atoms with E-state index in [-0.39, 0.29) is 23.3 Å². The van der Waals surface area contributed by atoms with Gasteiger partial charge in [0.25, 0.3) is 17.7 Å². The van der Waals surface area contributed by atoms with Crippen LogP contribution in [0, 0.1) is 0 Å². The van der Waals surface area contributed by atoms with E-state index in [4.69, 9.17) is 0 Å². The molecule has 1 aromatic rings. The number of likely N-dealkylation sites (N-methyl/N-ethyl adjacent to an activating group) is 1. The Morgan fingerprint density at radius 2 is 1.81 bits per heavy atom. The second kappa shape index (κ2) is 7.80. The molecule has 1 saturated carbocycles. The second-order valence-electron chi connectivity index (χ2n) is 7.88. The van der Waals surface area contributed by atoms with Gasteiger partial charge in [-0.05, 0) is 51.6 Å². The van der Waals surface area contributed by atoms with Crippen LogP contribution in [0.3, 0.4) is 0 Å². The van der Waals surface area contributed by atoms with Gasteiger partial charge in [-0.25, -0.2) is 0 Å². The molecule has 2 aliphatic rings. The van der Waals surface area contributed by atoms with E-state index in [0.29, 0.717) is 29.8 Å². The summed E-state index contributed by atoms with van der Waals surface area (Å²) >= 11 is 0. The average molecular weight is 371 g/mol. The van der Waals surface area contributed by atoms with Crippen molar-refractivity contribution in [2.45, 2.75) is 51.0 Å². The quantitative estimate of drug-likeness (QED) is 0.748. The predicted molar refractivity (Wildman–Crippen MR) is 104 cm³/mol. The van der Waals surface area contributed by atoms with Gasteiger partial charge in [-0.3, -0.25) is 19.3 Å². The first-order valence-corrected chi connectivity index (χ1v) is 9.85. The zero-order valence-corrected chi connectivity index (χ0v) is 16.5. The smallest absolute Gasteiger partial charge is 0.261 e. The van der Waals surface area contributed by atoms with Crippen LogP contribution in [0.1, 0.15) is 76.5 Å². The van der Waals surface area contributed by atoms with E-state index in [2.05, 4.69) is 24.3 Å². The van der Waals surface area contributed by atoms with Crippen molar-refractivity contribution in [1.29, 1.82) is 0 Å². The molecular weight excluding hydrogens is 342 g/mol. The largest absolute Gasteiger partial charge is 0.350 e. The first-order chi connectivity index (χ1) is 12.9. The number of rotatable bonds is 7.